The van der Waals surface area contributed by atoms with Gasteiger partial charge in [-0.2, -0.15) is 4.31 Å². The van der Waals surface area contributed by atoms with Gasteiger partial charge in [0.1, 0.15) is 0 Å². The molecule has 12 heavy (non-hydrogen) atoms. The fourth-order valence-electron chi connectivity index (χ4n) is 1.49. The van der Waals surface area contributed by atoms with Gasteiger partial charge in [-0.15, -0.1) is 0 Å². The third-order valence-corrected chi connectivity index (χ3v) is 3.78. The first-order chi connectivity index (χ1) is 5.46. The van der Waals surface area contributed by atoms with Crippen molar-refractivity contribution >= 4 is 10.0 Å². The molecule has 1 aliphatic heterocycles. The highest BCUT2D eigenvalue weighted by molar-refractivity contribution is 7.88. The molecule has 4 nitrogen and oxygen atoms in total. The Morgan fingerprint density at radius 1 is 1.58 bits per heavy atom. The lowest BCUT2D eigenvalue weighted by Crippen LogP contribution is -2.58. The number of nitrogens with zero attached hydrogens (tertiary/aromatic N) is 1. The monoisotopic (exact) mass is 192 g/mol. The van der Waals surface area contributed by atoms with Gasteiger partial charge >= 0.3 is 0 Å². The van der Waals surface area contributed by atoms with E-state index < -0.39 is 10.0 Å². The zero-order valence-electron chi connectivity index (χ0n) is 7.74. The van der Waals surface area contributed by atoms with Gasteiger partial charge < -0.3 is 5.32 Å². The molecule has 0 aliphatic carbocycles. The molecule has 0 spiro atoms. The van der Waals surface area contributed by atoms with E-state index in [-0.39, 0.29) is 12.1 Å². The van der Waals surface area contributed by atoms with Crippen LogP contribution in [-0.2, 0) is 10.0 Å². The van der Waals surface area contributed by atoms with Crippen LogP contribution in [0.2, 0.25) is 0 Å². The quantitative estimate of drug-likeness (QED) is 0.663. The van der Waals surface area contributed by atoms with Crippen molar-refractivity contribution in [1.82, 2.24) is 9.62 Å². The average Bonchev–Trinajstić information content (AvgIpc) is 1.80. The smallest absolute Gasteiger partial charge is 0.211 e. The minimum Gasteiger partial charge on any atom is -0.316 e. The van der Waals surface area contributed by atoms with E-state index in [9.17, 15) is 8.42 Å². The van der Waals surface area contributed by atoms with Crippen LogP contribution in [0.5, 0.6) is 0 Å². The van der Waals surface area contributed by atoms with Crippen molar-refractivity contribution < 1.29 is 8.42 Å². The first-order valence-corrected chi connectivity index (χ1v) is 5.95. The molecule has 0 bridgehead atoms. The molecule has 0 amide bonds. The van der Waals surface area contributed by atoms with E-state index in [0.29, 0.717) is 6.54 Å². The maximum absolute atomic E-state index is 11.1. The van der Waals surface area contributed by atoms with E-state index >= 15 is 0 Å². The summed E-state index contributed by atoms with van der Waals surface area (Å²) in [7, 11) is -1.13. The van der Waals surface area contributed by atoms with Crippen LogP contribution in [0.4, 0.5) is 0 Å². The van der Waals surface area contributed by atoms with E-state index in [4.69, 9.17) is 0 Å². The molecule has 1 saturated heterocycles. The summed E-state index contributed by atoms with van der Waals surface area (Å²) in [5.41, 5.74) is 0. The van der Waals surface area contributed by atoms with Crippen LogP contribution < -0.4 is 5.32 Å². The zero-order chi connectivity index (χ0) is 9.35. The predicted molar refractivity (Wildman–Crippen MR) is 48.5 cm³/mol. The van der Waals surface area contributed by atoms with Gasteiger partial charge in [0.2, 0.25) is 10.0 Å². The molecule has 0 saturated carbocycles. The summed E-state index contributed by atoms with van der Waals surface area (Å²) in [5, 5.41) is 3.06. The van der Waals surface area contributed by atoms with Gasteiger partial charge in [-0.3, -0.25) is 0 Å². The van der Waals surface area contributed by atoms with Crippen molar-refractivity contribution in [1.29, 1.82) is 0 Å². The van der Waals surface area contributed by atoms with Crippen LogP contribution in [-0.4, -0.2) is 44.7 Å². The van der Waals surface area contributed by atoms with Gasteiger partial charge in [-0.25, -0.2) is 8.42 Å². The first-order valence-electron chi connectivity index (χ1n) is 4.11. The van der Waals surface area contributed by atoms with Gasteiger partial charge in [0.05, 0.1) is 6.26 Å². The molecule has 5 heteroatoms. The van der Waals surface area contributed by atoms with Crippen LogP contribution in [0, 0.1) is 0 Å². The summed E-state index contributed by atoms with van der Waals surface area (Å²) in [6.07, 6.45) is 2.23. The number of nitrogens with one attached hydrogen (secondary N) is 1. The van der Waals surface area contributed by atoms with Crippen LogP contribution in [0.25, 0.3) is 0 Å². The van der Waals surface area contributed by atoms with Crippen LogP contribution in [0.3, 0.4) is 0 Å². The Balaban J connectivity index is 2.61. The van der Waals surface area contributed by atoms with E-state index in [0.717, 1.165) is 6.42 Å². The SMILES string of the molecule is CNC(C)C1CCN1S(C)(=O)=O. The number of sulfonamides is 1. The zero-order valence-corrected chi connectivity index (χ0v) is 8.56. The van der Waals surface area contributed by atoms with Crippen molar-refractivity contribution in [2.24, 2.45) is 0 Å². The summed E-state index contributed by atoms with van der Waals surface area (Å²) in [5.74, 6) is 0. The normalized spacial score (nSPS) is 28.1. The molecule has 0 aromatic carbocycles. The fourth-order valence-corrected chi connectivity index (χ4v) is 2.70. The van der Waals surface area contributed by atoms with E-state index in [1.807, 2.05) is 14.0 Å². The Morgan fingerprint density at radius 2 is 2.17 bits per heavy atom. The van der Waals surface area contributed by atoms with Gasteiger partial charge in [0, 0.05) is 18.6 Å². The molecular formula is C7H16N2O2S. The summed E-state index contributed by atoms with van der Waals surface area (Å²) in [6.45, 7) is 2.68. The molecule has 0 radical (unpaired) electrons. The summed E-state index contributed by atoms with van der Waals surface area (Å²) >= 11 is 0. The van der Waals surface area contributed by atoms with Crippen LogP contribution in [0.15, 0.2) is 0 Å². The summed E-state index contributed by atoms with van der Waals surface area (Å²) in [6, 6.07) is 0.401. The molecule has 0 aromatic rings. The molecule has 1 aliphatic rings. The van der Waals surface area contributed by atoms with Gasteiger partial charge in [0.15, 0.2) is 0 Å². The number of likely N-dealkylation sites (N-methyl/N-ethyl adjacent to an activating group) is 1. The Morgan fingerprint density at radius 3 is 2.42 bits per heavy atom. The third kappa shape index (κ3) is 1.78. The van der Waals surface area contributed by atoms with Crippen molar-refractivity contribution in [3.05, 3.63) is 0 Å². The average molecular weight is 192 g/mol. The first kappa shape index (κ1) is 9.95. The van der Waals surface area contributed by atoms with Crippen LogP contribution in [0.1, 0.15) is 13.3 Å². The highest BCUT2D eigenvalue weighted by Crippen LogP contribution is 2.23. The molecule has 2 atom stereocenters. The van der Waals surface area contributed by atoms with Gasteiger partial charge in [0.25, 0.3) is 0 Å². The number of rotatable bonds is 3. The number of hydrogen-bond donors (Lipinski definition) is 1. The second kappa shape index (κ2) is 3.32. The predicted octanol–water partition coefficient (Wildman–Crippen LogP) is -0.372. The van der Waals surface area contributed by atoms with Crippen molar-refractivity contribution in [3.63, 3.8) is 0 Å². The highest BCUT2D eigenvalue weighted by Gasteiger charge is 2.37. The lowest BCUT2D eigenvalue weighted by Gasteiger charge is -2.42. The number of hydrogen-bond acceptors (Lipinski definition) is 3. The third-order valence-electron chi connectivity index (χ3n) is 2.47. The van der Waals surface area contributed by atoms with Crippen molar-refractivity contribution in [3.8, 4) is 0 Å². The topological polar surface area (TPSA) is 49.4 Å². The van der Waals surface area contributed by atoms with Gasteiger partial charge in [-0.05, 0) is 20.4 Å². The molecule has 1 N–H and O–H groups in total. The highest BCUT2D eigenvalue weighted by atomic mass is 32.2. The van der Waals surface area contributed by atoms with Gasteiger partial charge in [-0.1, -0.05) is 0 Å². The minimum atomic E-state index is -2.98. The maximum atomic E-state index is 11.1. The van der Waals surface area contributed by atoms with Crippen molar-refractivity contribution in [2.45, 2.75) is 25.4 Å². The second-order valence-electron chi connectivity index (χ2n) is 3.31. The molecule has 1 fully saturated rings. The Labute approximate surface area is 74.0 Å². The Kier molecular flexibility index (Phi) is 2.75. The summed E-state index contributed by atoms with van der Waals surface area (Å²) in [4.78, 5) is 0. The Bertz CT molecular complexity index is 250. The molecule has 1 heterocycles. The molecule has 1 rings (SSSR count). The lowest BCUT2D eigenvalue weighted by molar-refractivity contribution is 0.163. The second-order valence-corrected chi connectivity index (χ2v) is 5.24. The van der Waals surface area contributed by atoms with Crippen molar-refractivity contribution in [2.75, 3.05) is 19.8 Å². The molecule has 72 valence electrons. The van der Waals surface area contributed by atoms with Crippen LogP contribution >= 0.6 is 0 Å². The van der Waals surface area contributed by atoms with E-state index in [1.54, 1.807) is 4.31 Å². The molecular weight excluding hydrogens is 176 g/mol. The standard InChI is InChI=1S/C7H16N2O2S/c1-6(8-2)7-4-5-9(7)12(3,10)11/h6-8H,4-5H2,1-3H3. The van der Waals surface area contributed by atoms with E-state index in [1.165, 1.54) is 6.26 Å². The lowest BCUT2D eigenvalue weighted by atomic mass is 10.0. The van der Waals surface area contributed by atoms with E-state index in [2.05, 4.69) is 5.32 Å². The maximum Gasteiger partial charge on any atom is 0.211 e. The minimum absolute atomic E-state index is 0.157. The largest absolute Gasteiger partial charge is 0.316 e. The Hall–Kier alpha value is -0.130. The summed E-state index contributed by atoms with van der Waals surface area (Å²) < 4.78 is 23.8. The molecule has 0 aromatic heterocycles. The fraction of sp³-hybridized carbons (Fsp3) is 1.00. The molecule has 2 unspecified atom stereocenters.